The van der Waals surface area contributed by atoms with Gasteiger partial charge < -0.3 is 5.32 Å². The molecule has 5 heteroatoms. The molecule has 128 valence electrons. The Morgan fingerprint density at radius 3 is 2.64 bits per heavy atom. The van der Waals surface area contributed by atoms with Gasteiger partial charge in [0.25, 0.3) is 0 Å². The number of fused-ring (bicyclic) bond motifs is 1. The van der Waals surface area contributed by atoms with E-state index < -0.39 is 11.1 Å². The summed E-state index contributed by atoms with van der Waals surface area (Å²) < 4.78 is 13.7. The first kappa shape index (κ1) is 17.4. The summed E-state index contributed by atoms with van der Waals surface area (Å²) in [6.07, 6.45) is 0. The van der Waals surface area contributed by atoms with Crippen LogP contribution in [0.2, 0.25) is 0 Å². The van der Waals surface area contributed by atoms with E-state index in [0.717, 1.165) is 27.1 Å². The van der Waals surface area contributed by atoms with E-state index in [4.69, 9.17) is 4.98 Å². The molecule has 0 radical (unpaired) electrons. The molecule has 1 aromatic heterocycles. The molecule has 0 bridgehead atoms. The molecule has 0 saturated heterocycles. The van der Waals surface area contributed by atoms with Gasteiger partial charge in [0.15, 0.2) is 0 Å². The van der Waals surface area contributed by atoms with Crippen molar-refractivity contribution in [1.82, 2.24) is 4.98 Å². The van der Waals surface area contributed by atoms with Crippen LogP contribution in [0.5, 0.6) is 0 Å². The van der Waals surface area contributed by atoms with Crippen LogP contribution in [0.3, 0.4) is 0 Å². The standard InChI is InChI=1S/C20H19FN2OS/c1-12-7-6-8-15-13(2)11-18(23-19(12)15)25-14(3)20(24)22-17-10-5-4-9-16(17)21/h4-11,14H,1-3H3,(H,22,24)/t14-/m1/s1. The molecule has 0 aliphatic heterocycles. The lowest BCUT2D eigenvalue weighted by molar-refractivity contribution is -0.115. The SMILES string of the molecule is Cc1cc(S[C@H](C)C(=O)Nc2ccccc2F)nc2c(C)cccc12. The first-order valence-electron chi connectivity index (χ1n) is 8.04. The number of benzene rings is 2. The summed E-state index contributed by atoms with van der Waals surface area (Å²) in [6.45, 7) is 5.86. The normalized spacial score (nSPS) is 12.2. The summed E-state index contributed by atoms with van der Waals surface area (Å²) in [6, 6.07) is 14.2. The number of halogens is 1. The van der Waals surface area contributed by atoms with Gasteiger partial charge in [0, 0.05) is 5.39 Å². The number of rotatable bonds is 4. The Kier molecular flexibility index (Phi) is 5.04. The van der Waals surface area contributed by atoms with Gasteiger partial charge in [-0.25, -0.2) is 9.37 Å². The number of thioether (sulfide) groups is 1. The third-order valence-electron chi connectivity index (χ3n) is 4.02. The number of carbonyl (C=O) groups is 1. The van der Waals surface area contributed by atoms with E-state index in [1.54, 1.807) is 25.1 Å². The lowest BCUT2D eigenvalue weighted by Gasteiger charge is -2.13. The Labute approximate surface area is 150 Å². The molecule has 1 amide bonds. The smallest absolute Gasteiger partial charge is 0.237 e. The first-order chi connectivity index (χ1) is 12.0. The van der Waals surface area contributed by atoms with Crippen LogP contribution >= 0.6 is 11.8 Å². The molecule has 2 aromatic carbocycles. The highest BCUT2D eigenvalue weighted by molar-refractivity contribution is 8.00. The summed E-state index contributed by atoms with van der Waals surface area (Å²) in [5.41, 5.74) is 3.37. The molecule has 0 aliphatic rings. The topological polar surface area (TPSA) is 42.0 Å². The van der Waals surface area contributed by atoms with Crippen LogP contribution in [-0.2, 0) is 4.79 Å². The molecular formula is C20H19FN2OS. The van der Waals surface area contributed by atoms with E-state index in [1.165, 1.54) is 17.8 Å². The van der Waals surface area contributed by atoms with Gasteiger partial charge in [-0.2, -0.15) is 0 Å². The maximum Gasteiger partial charge on any atom is 0.237 e. The predicted molar refractivity (Wildman–Crippen MR) is 102 cm³/mol. The van der Waals surface area contributed by atoms with Gasteiger partial charge in [-0.05, 0) is 50.1 Å². The molecule has 3 aromatic rings. The second-order valence-electron chi connectivity index (χ2n) is 5.98. The lowest BCUT2D eigenvalue weighted by atomic mass is 10.1. The number of aromatic nitrogens is 1. The van der Waals surface area contributed by atoms with Crippen molar-refractivity contribution >= 4 is 34.3 Å². The molecule has 0 fully saturated rings. The van der Waals surface area contributed by atoms with Crippen LogP contribution in [0.15, 0.2) is 53.6 Å². The Morgan fingerprint density at radius 1 is 1.12 bits per heavy atom. The number of hydrogen-bond acceptors (Lipinski definition) is 3. The minimum Gasteiger partial charge on any atom is -0.323 e. The van der Waals surface area contributed by atoms with Gasteiger partial charge in [0.2, 0.25) is 5.91 Å². The van der Waals surface area contributed by atoms with Crippen molar-refractivity contribution in [2.24, 2.45) is 0 Å². The van der Waals surface area contributed by atoms with Crippen molar-refractivity contribution in [1.29, 1.82) is 0 Å². The van der Waals surface area contributed by atoms with E-state index >= 15 is 0 Å². The van der Waals surface area contributed by atoms with Gasteiger partial charge in [0.05, 0.1) is 21.5 Å². The molecule has 0 aliphatic carbocycles. The molecule has 25 heavy (non-hydrogen) atoms. The summed E-state index contributed by atoms with van der Waals surface area (Å²) in [5, 5.41) is 4.14. The summed E-state index contributed by atoms with van der Waals surface area (Å²) in [4.78, 5) is 17.0. The average Bonchev–Trinajstić information content (AvgIpc) is 2.58. The van der Waals surface area contributed by atoms with Crippen LogP contribution < -0.4 is 5.32 Å². The predicted octanol–water partition coefficient (Wildman–Crippen LogP) is 5.11. The van der Waals surface area contributed by atoms with Gasteiger partial charge in [-0.15, -0.1) is 0 Å². The zero-order chi connectivity index (χ0) is 18.0. The second-order valence-corrected chi connectivity index (χ2v) is 7.34. The number of pyridine rings is 1. The number of nitrogens with zero attached hydrogens (tertiary/aromatic N) is 1. The van der Waals surface area contributed by atoms with Crippen LogP contribution in [-0.4, -0.2) is 16.1 Å². The van der Waals surface area contributed by atoms with Crippen LogP contribution in [0.4, 0.5) is 10.1 Å². The maximum atomic E-state index is 13.7. The zero-order valence-electron chi connectivity index (χ0n) is 14.3. The number of nitrogens with one attached hydrogen (secondary N) is 1. The van der Waals surface area contributed by atoms with E-state index in [2.05, 4.69) is 5.32 Å². The molecule has 3 rings (SSSR count). The fourth-order valence-corrected chi connectivity index (χ4v) is 3.54. The monoisotopic (exact) mass is 354 g/mol. The first-order valence-corrected chi connectivity index (χ1v) is 8.92. The fourth-order valence-electron chi connectivity index (χ4n) is 2.62. The van der Waals surface area contributed by atoms with Crippen molar-refractivity contribution in [2.45, 2.75) is 31.0 Å². The molecule has 0 unspecified atom stereocenters. The van der Waals surface area contributed by atoms with E-state index in [9.17, 15) is 9.18 Å². The van der Waals surface area contributed by atoms with Crippen LogP contribution in [0.1, 0.15) is 18.1 Å². The van der Waals surface area contributed by atoms with Crippen molar-refractivity contribution in [3.05, 3.63) is 65.5 Å². The maximum absolute atomic E-state index is 13.7. The zero-order valence-corrected chi connectivity index (χ0v) is 15.2. The Balaban J connectivity index is 1.80. The number of amides is 1. The molecule has 3 nitrogen and oxygen atoms in total. The van der Waals surface area contributed by atoms with Crippen molar-refractivity contribution in [3.8, 4) is 0 Å². The third-order valence-corrected chi connectivity index (χ3v) is 5.04. The molecule has 0 saturated carbocycles. The molecule has 1 N–H and O–H groups in total. The minimum atomic E-state index is -0.441. The lowest BCUT2D eigenvalue weighted by Crippen LogP contribution is -2.23. The van der Waals surface area contributed by atoms with Crippen LogP contribution in [0, 0.1) is 19.7 Å². The summed E-state index contributed by atoms with van der Waals surface area (Å²) in [7, 11) is 0. The molecule has 1 atom stereocenters. The highest BCUT2D eigenvalue weighted by atomic mass is 32.2. The van der Waals surface area contributed by atoms with Gasteiger partial charge in [-0.3, -0.25) is 4.79 Å². The highest BCUT2D eigenvalue weighted by Gasteiger charge is 2.17. The highest BCUT2D eigenvalue weighted by Crippen LogP contribution is 2.28. The van der Waals surface area contributed by atoms with Gasteiger partial charge >= 0.3 is 0 Å². The van der Waals surface area contributed by atoms with Gasteiger partial charge in [0.1, 0.15) is 5.82 Å². The molecule has 1 heterocycles. The largest absolute Gasteiger partial charge is 0.323 e. The number of carbonyl (C=O) groups excluding carboxylic acids is 1. The van der Waals surface area contributed by atoms with Crippen LogP contribution in [0.25, 0.3) is 10.9 Å². The van der Waals surface area contributed by atoms with E-state index in [1.807, 2.05) is 38.1 Å². The summed E-state index contributed by atoms with van der Waals surface area (Å²) in [5.74, 6) is -0.692. The van der Waals surface area contributed by atoms with Crippen molar-refractivity contribution in [2.75, 3.05) is 5.32 Å². The quantitative estimate of drug-likeness (QED) is 0.662. The van der Waals surface area contributed by atoms with Crippen molar-refractivity contribution in [3.63, 3.8) is 0 Å². The van der Waals surface area contributed by atoms with Crippen molar-refractivity contribution < 1.29 is 9.18 Å². The number of anilines is 1. The Morgan fingerprint density at radius 2 is 1.88 bits per heavy atom. The Bertz CT molecular complexity index is 942. The van der Waals surface area contributed by atoms with Gasteiger partial charge in [-0.1, -0.05) is 42.1 Å². The Hall–Kier alpha value is -2.40. The number of aryl methyl sites for hydroxylation is 2. The van der Waals surface area contributed by atoms with E-state index in [0.29, 0.717) is 0 Å². The fraction of sp³-hybridized carbons (Fsp3) is 0.200. The number of hydrogen-bond donors (Lipinski definition) is 1. The molecule has 0 spiro atoms. The average molecular weight is 354 g/mol. The number of para-hydroxylation sites is 2. The minimum absolute atomic E-state index is 0.193. The third kappa shape index (κ3) is 3.82. The van der Waals surface area contributed by atoms with E-state index in [-0.39, 0.29) is 11.6 Å². The molecular weight excluding hydrogens is 335 g/mol. The summed E-state index contributed by atoms with van der Waals surface area (Å²) >= 11 is 1.37. The second kappa shape index (κ2) is 7.23.